The van der Waals surface area contributed by atoms with E-state index < -0.39 is 0 Å². The Kier molecular flexibility index (Phi) is 7.77. The average Bonchev–Trinajstić information content (AvgIpc) is 3.22. The zero-order valence-electron chi connectivity index (χ0n) is 15.1. The Hall–Kier alpha value is -1.96. The number of hydrogen-bond acceptors (Lipinski definition) is 6. The number of anilines is 1. The highest BCUT2D eigenvalue weighted by Gasteiger charge is 2.26. The molecule has 8 heteroatoms. The number of carbonyl (C=O) groups is 2. The molecule has 27 heavy (non-hydrogen) atoms. The minimum absolute atomic E-state index is 0. The summed E-state index contributed by atoms with van der Waals surface area (Å²) in [5.74, 6) is -0.177. The van der Waals surface area contributed by atoms with Gasteiger partial charge in [0.25, 0.3) is 0 Å². The van der Waals surface area contributed by atoms with Crippen LogP contribution in [-0.4, -0.2) is 30.0 Å². The van der Waals surface area contributed by atoms with Gasteiger partial charge in [0.1, 0.15) is 0 Å². The Balaban J connectivity index is 0.00000261. The predicted molar refractivity (Wildman–Crippen MR) is 109 cm³/mol. The predicted octanol–water partition coefficient (Wildman–Crippen LogP) is 3.40. The highest BCUT2D eigenvalue weighted by molar-refractivity contribution is 7.16. The maximum absolute atomic E-state index is 12.4. The lowest BCUT2D eigenvalue weighted by atomic mass is 10.00. The maximum atomic E-state index is 12.4. The minimum Gasteiger partial charge on any atom is -0.469 e. The molecule has 1 fully saturated rings. The molecule has 2 aromatic rings. The summed E-state index contributed by atoms with van der Waals surface area (Å²) < 4.78 is 4.77. The van der Waals surface area contributed by atoms with Gasteiger partial charge in [-0.05, 0) is 18.8 Å². The van der Waals surface area contributed by atoms with Crippen LogP contribution < -0.4 is 11.1 Å². The molecular weight excluding hydrogens is 386 g/mol. The second kappa shape index (κ2) is 9.82. The lowest BCUT2D eigenvalue weighted by Gasteiger charge is -2.13. The summed E-state index contributed by atoms with van der Waals surface area (Å²) in [6.07, 6.45) is 3.60. The average molecular weight is 410 g/mol. The Morgan fingerprint density at radius 3 is 2.67 bits per heavy atom. The van der Waals surface area contributed by atoms with Crippen molar-refractivity contribution >= 4 is 40.8 Å². The fourth-order valence-corrected chi connectivity index (χ4v) is 4.26. The van der Waals surface area contributed by atoms with E-state index in [0.717, 1.165) is 29.7 Å². The van der Waals surface area contributed by atoms with Crippen LogP contribution in [0.15, 0.2) is 30.3 Å². The summed E-state index contributed by atoms with van der Waals surface area (Å²) in [7, 11) is 1.36. The number of esters is 1. The maximum Gasteiger partial charge on any atom is 0.310 e. The molecule has 0 aliphatic heterocycles. The molecule has 1 saturated carbocycles. The van der Waals surface area contributed by atoms with Crippen LogP contribution >= 0.6 is 23.7 Å². The molecule has 1 aromatic carbocycles. The van der Waals surface area contributed by atoms with Crippen LogP contribution in [0, 0.1) is 5.92 Å². The van der Waals surface area contributed by atoms with Gasteiger partial charge in [-0.25, -0.2) is 4.98 Å². The van der Waals surface area contributed by atoms with Crippen molar-refractivity contribution in [3.05, 3.63) is 35.2 Å². The first-order valence-electron chi connectivity index (χ1n) is 8.74. The number of methoxy groups -OCH3 is 1. The molecule has 0 radical (unpaired) electrons. The topological polar surface area (TPSA) is 94.3 Å². The van der Waals surface area contributed by atoms with Crippen molar-refractivity contribution in [3.8, 4) is 11.3 Å². The quantitative estimate of drug-likeness (QED) is 0.713. The normalized spacial score (nSPS) is 18.6. The fraction of sp³-hybridized carbons (Fsp3) is 0.421. The van der Waals surface area contributed by atoms with Crippen molar-refractivity contribution in [3.63, 3.8) is 0 Å². The van der Waals surface area contributed by atoms with Crippen molar-refractivity contribution in [2.75, 3.05) is 12.4 Å². The lowest BCUT2D eigenvalue weighted by molar-refractivity contribution is -0.139. The Morgan fingerprint density at radius 1 is 1.30 bits per heavy atom. The summed E-state index contributed by atoms with van der Waals surface area (Å²) in [5, 5.41) is 3.37. The number of aromatic nitrogens is 1. The summed E-state index contributed by atoms with van der Waals surface area (Å²) >= 11 is 1.31. The highest BCUT2D eigenvalue weighted by atomic mass is 35.5. The van der Waals surface area contributed by atoms with Crippen LogP contribution in [0.25, 0.3) is 11.3 Å². The number of ether oxygens (including phenoxy) is 1. The van der Waals surface area contributed by atoms with E-state index in [9.17, 15) is 9.59 Å². The smallest absolute Gasteiger partial charge is 0.310 e. The second-order valence-electron chi connectivity index (χ2n) is 6.52. The number of thiazole rings is 1. The molecular formula is C19H24ClN3O3S. The van der Waals surface area contributed by atoms with E-state index in [0.29, 0.717) is 17.2 Å². The molecule has 1 aliphatic carbocycles. The minimum atomic E-state index is -0.333. The van der Waals surface area contributed by atoms with E-state index in [1.165, 1.54) is 18.4 Å². The monoisotopic (exact) mass is 409 g/mol. The van der Waals surface area contributed by atoms with Crippen LogP contribution in [0.1, 0.15) is 30.6 Å². The second-order valence-corrected chi connectivity index (χ2v) is 7.60. The zero-order chi connectivity index (χ0) is 18.5. The zero-order valence-corrected chi connectivity index (χ0v) is 16.8. The van der Waals surface area contributed by atoms with E-state index in [4.69, 9.17) is 10.5 Å². The SMILES string of the molecule is COC(=O)Cc1sc(NC(=O)C[C@@H]2CCC[C@H]2N)nc1-c1ccccc1.Cl. The number of halogens is 1. The van der Waals surface area contributed by atoms with E-state index in [-0.39, 0.29) is 42.7 Å². The van der Waals surface area contributed by atoms with Crippen molar-refractivity contribution in [1.82, 2.24) is 4.98 Å². The number of benzene rings is 1. The number of hydrogen-bond donors (Lipinski definition) is 2. The molecule has 1 amide bonds. The first-order valence-corrected chi connectivity index (χ1v) is 9.56. The lowest BCUT2D eigenvalue weighted by Crippen LogP contribution is -2.28. The molecule has 6 nitrogen and oxygen atoms in total. The van der Waals surface area contributed by atoms with Crippen molar-refractivity contribution in [2.24, 2.45) is 11.7 Å². The van der Waals surface area contributed by atoms with Gasteiger partial charge in [0, 0.05) is 22.9 Å². The summed E-state index contributed by atoms with van der Waals surface area (Å²) in [6.45, 7) is 0. The molecule has 0 bridgehead atoms. The van der Waals surface area contributed by atoms with Crippen LogP contribution in [0.3, 0.4) is 0 Å². The molecule has 3 rings (SSSR count). The van der Waals surface area contributed by atoms with Crippen LogP contribution in [-0.2, 0) is 20.7 Å². The van der Waals surface area contributed by atoms with Gasteiger partial charge in [0.2, 0.25) is 5.91 Å². The van der Waals surface area contributed by atoms with Crippen LogP contribution in [0.2, 0.25) is 0 Å². The molecule has 1 aliphatic rings. The molecule has 0 spiro atoms. The van der Waals surface area contributed by atoms with E-state index in [1.54, 1.807) is 0 Å². The standard InChI is InChI=1S/C19H23N3O3S.ClH/c1-25-17(24)11-15-18(12-6-3-2-4-7-12)22-19(26-15)21-16(23)10-13-8-5-9-14(13)20;/h2-4,6-7,13-14H,5,8-11,20H2,1H3,(H,21,22,23);1H/t13-,14+;/m0./s1. The van der Waals surface area contributed by atoms with Crippen molar-refractivity contribution in [1.29, 1.82) is 0 Å². The third-order valence-electron chi connectivity index (χ3n) is 4.69. The first-order chi connectivity index (χ1) is 12.6. The summed E-state index contributed by atoms with van der Waals surface area (Å²) in [4.78, 5) is 29.4. The number of nitrogens with zero attached hydrogens (tertiary/aromatic N) is 1. The fourth-order valence-electron chi connectivity index (χ4n) is 3.28. The molecule has 3 N–H and O–H groups in total. The van der Waals surface area contributed by atoms with Gasteiger partial charge >= 0.3 is 5.97 Å². The third-order valence-corrected chi connectivity index (χ3v) is 5.66. The van der Waals surface area contributed by atoms with E-state index >= 15 is 0 Å². The molecule has 0 unspecified atom stereocenters. The number of carbonyl (C=O) groups excluding carboxylic acids is 2. The van der Waals surface area contributed by atoms with Crippen LogP contribution in [0.5, 0.6) is 0 Å². The van der Waals surface area contributed by atoms with Crippen LogP contribution in [0.4, 0.5) is 5.13 Å². The van der Waals surface area contributed by atoms with E-state index in [1.807, 2.05) is 30.3 Å². The summed E-state index contributed by atoms with van der Waals surface area (Å²) in [6, 6.07) is 9.71. The molecule has 1 aromatic heterocycles. The molecule has 2 atom stereocenters. The number of amides is 1. The van der Waals surface area contributed by atoms with Gasteiger partial charge in [-0.3, -0.25) is 9.59 Å². The van der Waals surface area contributed by atoms with Gasteiger partial charge in [-0.15, -0.1) is 23.7 Å². The van der Waals surface area contributed by atoms with Gasteiger partial charge in [0.15, 0.2) is 5.13 Å². The van der Waals surface area contributed by atoms with Gasteiger partial charge < -0.3 is 15.8 Å². The Bertz CT molecular complexity index is 782. The Labute approximate surface area is 168 Å². The first kappa shape index (κ1) is 21.3. The molecule has 0 saturated heterocycles. The Morgan fingerprint density at radius 2 is 2.04 bits per heavy atom. The highest BCUT2D eigenvalue weighted by Crippen LogP contribution is 2.32. The number of nitrogens with two attached hydrogens (primary N) is 1. The van der Waals surface area contributed by atoms with Gasteiger partial charge in [0.05, 0.1) is 19.2 Å². The van der Waals surface area contributed by atoms with Gasteiger partial charge in [-0.2, -0.15) is 0 Å². The van der Waals surface area contributed by atoms with Gasteiger partial charge in [-0.1, -0.05) is 36.8 Å². The number of rotatable bonds is 6. The number of nitrogens with one attached hydrogen (secondary N) is 1. The van der Waals surface area contributed by atoms with Crippen molar-refractivity contribution < 1.29 is 14.3 Å². The van der Waals surface area contributed by atoms with Crippen molar-refractivity contribution in [2.45, 2.75) is 38.1 Å². The third kappa shape index (κ3) is 5.51. The largest absolute Gasteiger partial charge is 0.469 e. The van der Waals surface area contributed by atoms with E-state index in [2.05, 4.69) is 10.3 Å². The molecule has 146 valence electrons. The summed E-state index contributed by atoms with van der Waals surface area (Å²) in [5.41, 5.74) is 7.66. The molecule has 1 heterocycles.